The molecule has 0 N–H and O–H groups in total. The molecule has 0 amide bonds. The average Bonchev–Trinajstić information content (AvgIpc) is 2.84. The minimum atomic E-state index is -0.324. The molecule has 2 rings (SSSR count). The molecule has 2 atom stereocenters. The highest BCUT2D eigenvalue weighted by atomic mass is 16.5. The summed E-state index contributed by atoms with van der Waals surface area (Å²) < 4.78 is 15.1. The third kappa shape index (κ3) is 3.17. The summed E-state index contributed by atoms with van der Waals surface area (Å²) in [4.78, 5) is 23.7. The van der Waals surface area contributed by atoms with Gasteiger partial charge in [-0.25, -0.2) is 0 Å². The smallest absolute Gasteiger partial charge is 0.313 e. The van der Waals surface area contributed by atoms with Crippen LogP contribution >= 0.6 is 0 Å². The van der Waals surface area contributed by atoms with E-state index in [-0.39, 0.29) is 30.2 Å². The molecule has 1 aliphatic carbocycles. The largest absolute Gasteiger partial charge is 0.497 e. The first-order chi connectivity index (χ1) is 10.1. The summed E-state index contributed by atoms with van der Waals surface area (Å²) in [6.07, 6.45) is 0.829. The van der Waals surface area contributed by atoms with E-state index in [1.807, 2.05) is 18.2 Å². The minimum absolute atomic E-state index is 0.0433. The number of carbonyl (C=O) groups is 2. The van der Waals surface area contributed by atoms with Crippen molar-refractivity contribution in [3.63, 3.8) is 0 Å². The Morgan fingerprint density at radius 3 is 2.62 bits per heavy atom. The zero-order valence-corrected chi connectivity index (χ0v) is 12.5. The fourth-order valence-electron chi connectivity index (χ4n) is 2.87. The molecule has 0 aromatic heterocycles. The zero-order chi connectivity index (χ0) is 15.4. The molecule has 0 saturated carbocycles. The lowest BCUT2D eigenvalue weighted by molar-refractivity contribution is -0.145. The van der Waals surface area contributed by atoms with Crippen LogP contribution in [0.15, 0.2) is 18.2 Å². The summed E-state index contributed by atoms with van der Waals surface area (Å²) in [6, 6.07) is 5.59. The Hall–Kier alpha value is -2.04. The third-order valence-electron chi connectivity index (χ3n) is 3.83. The van der Waals surface area contributed by atoms with Gasteiger partial charge in [0.1, 0.15) is 5.75 Å². The van der Waals surface area contributed by atoms with Crippen molar-refractivity contribution < 1.29 is 23.8 Å². The van der Waals surface area contributed by atoms with Crippen LogP contribution in [-0.2, 0) is 19.1 Å². The second-order valence-corrected chi connectivity index (χ2v) is 5.01. The van der Waals surface area contributed by atoms with Crippen LogP contribution in [0.5, 0.6) is 5.75 Å². The summed E-state index contributed by atoms with van der Waals surface area (Å²) in [5, 5.41) is 0. The Bertz CT molecular complexity index is 537. The minimum Gasteiger partial charge on any atom is -0.497 e. The van der Waals surface area contributed by atoms with Crippen LogP contribution in [0.1, 0.15) is 42.7 Å². The first kappa shape index (κ1) is 15.4. The van der Waals surface area contributed by atoms with Gasteiger partial charge in [0.25, 0.3) is 0 Å². The Kier molecular flexibility index (Phi) is 4.83. The van der Waals surface area contributed by atoms with E-state index < -0.39 is 0 Å². The Morgan fingerprint density at radius 2 is 2.00 bits per heavy atom. The van der Waals surface area contributed by atoms with Crippen LogP contribution in [0.4, 0.5) is 0 Å². The van der Waals surface area contributed by atoms with E-state index in [2.05, 4.69) is 0 Å². The number of benzene rings is 1. The molecule has 1 aliphatic rings. The van der Waals surface area contributed by atoms with E-state index in [0.29, 0.717) is 18.8 Å². The van der Waals surface area contributed by atoms with E-state index in [9.17, 15) is 9.59 Å². The SMILES string of the molecule is CCOC(=O)C[C@@H]1C[C@H](C(=O)OC)c2ccc(OC)cc21. The Labute approximate surface area is 124 Å². The van der Waals surface area contributed by atoms with Crippen LogP contribution in [-0.4, -0.2) is 32.8 Å². The van der Waals surface area contributed by atoms with E-state index >= 15 is 0 Å². The molecule has 5 nitrogen and oxygen atoms in total. The maximum absolute atomic E-state index is 11.9. The van der Waals surface area contributed by atoms with Crippen molar-refractivity contribution in [1.82, 2.24) is 0 Å². The molecule has 0 unspecified atom stereocenters. The van der Waals surface area contributed by atoms with Gasteiger partial charge < -0.3 is 14.2 Å². The lowest BCUT2D eigenvalue weighted by Gasteiger charge is -2.11. The van der Waals surface area contributed by atoms with Gasteiger partial charge in [0.15, 0.2) is 0 Å². The van der Waals surface area contributed by atoms with Crippen LogP contribution in [0.2, 0.25) is 0 Å². The molecule has 0 spiro atoms. The molecule has 21 heavy (non-hydrogen) atoms. The standard InChI is InChI=1S/C16H20O5/c1-4-21-15(17)8-10-7-14(16(18)20-3)12-6-5-11(19-2)9-13(10)12/h5-6,9-10,14H,4,7-8H2,1-3H3/t10-,14-/m0/s1. The lowest BCUT2D eigenvalue weighted by Crippen LogP contribution is -2.12. The number of hydrogen-bond donors (Lipinski definition) is 0. The van der Waals surface area contributed by atoms with Crippen LogP contribution in [0.25, 0.3) is 0 Å². The first-order valence-corrected chi connectivity index (χ1v) is 7.02. The highest BCUT2D eigenvalue weighted by molar-refractivity contribution is 5.81. The second-order valence-electron chi connectivity index (χ2n) is 5.01. The molecular weight excluding hydrogens is 272 g/mol. The molecule has 0 saturated heterocycles. The van der Waals surface area contributed by atoms with Crippen LogP contribution in [0.3, 0.4) is 0 Å². The van der Waals surface area contributed by atoms with Crippen molar-refractivity contribution >= 4 is 11.9 Å². The number of ether oxygens (including phenoxy) is 3. The molecule has 0 aliphatic heterocycles. The van der Waals surface area contributed by atoms with Gasteiger partial charge in [-0.3, -0.25) is 9.59 Å². The van der Waals surface area contributed by atoms with Crippen molar-refractivity contribution in [3.05, 3.63) is 29.3 Å². The van der Waals surface area contributed by atoms with Crippen LogP contribution in [0, 0.1) is 0 Å². The number of rotatable bonds is 5. The summed E-state index contributed by atoms with van der Waals surface area (Å²) in [7, 11) is 2.97. The molecular formula is C16H20O5. The van der Waals surface area contributed by atoms with Crippen LogP contribution < -0.4 is 4.74 Å². The lowest BCUT2D eigenvalue weighted by atomic mass is 9.97. The van der Waals surface area contributed by atoms with Crippen molar-refractivity contribution in [1.29, 1.82) is 0 Å². The van der Waals surface area contributed by atoms with Gasteiger partial charge in [-0.1, -0.05) is 6.07 Å². The van der Waals surface area contributed by atoms with E-state index in [0.717, 1.165) is 11.1 Å². The molecule has 0 bridgehead atoms. The van der Waals surface area contributed by atoms with Crippen molar-refractivity contribution in [2.24, 2.45) is 0 Å². The predicted octanol–water partition coefficient (Wildman–Crippen LogP) is 2.39. The molecule has 1 aromatic carbocycles. The third-order valence-corrected chi connectivity index (χ3v) is 3.83. The molecule has 0 radical (unpaired) electrons. The number of carbonyl (C=O) groups excluding carboxylic acids is 2. The monoisotopic (exact) mass is 292 g/mol. The average molecular weight is 292 g/mol. The maximum atomic E-state index is 11.9. The normalized spacial score (nSPS) is 19.8. The predicted molar refractivity (Wildman–Crippen MR) is 76.4 cm³/mol. The zero-order valence-electron chi connectivity index (χ0n) is 12.5. The molecule has 5 heteroatoms. The quantitative estimate of drug-likeness (QED) is 0.780. The van der Waals surface area contributed by atoms with E-state index in [1.165, 1.54) is 7.11 Å². The molecule has 114 valence electrons. The fraction of sp³-hybridized carbons (Fsp3) is 0.500. The topological polar surface area (TPSA) is 61.8 Å². The van der Waals surface area contributed by atoms with Crippen molar-refractivity contribution in [3.8, 4) is 5.75 Å². The van der Waals surface area contributed by atoms with Gasteiger partial charge in [0.05, 0.1) is 33.2 Å². The second kappa shape index (κ2) is 6.61. The Morgan fingerprint density at radius 1 is 1.24 bits per heavy atom. The highest BCUT2D eigenvalue weighted by Crippen LogP contribution is 2.45. The summed E-state index contributed by atoms with van der Waals surface area (Å²) >= 11 is 0. The van der Waals surface area contributed by atoms with Gasteiger partial charge in [-0.05, 0) is 42.5 Å². The molecule has 0 heterocycles. The van der Waals surface area contributed by atoms with Gasteiger partial charge in [-0.15, -0.1) is 0 Å². The number of methoxy groups -OCH3 is 2. The number of esters is 2. The molecule has 0 fully saturated rings. The van der Waals surface area contributed by atoms with Gasteiger partial charge in [0, 0.05) is 0 Å². The summed E-state index contributed by atoms with van der Waals surface area (Å²) in [6.45, 7) is 2.14. The highest BCUT2D eigenvalue weighted by Gasteiger charge is 2.37. The van der Waals surface area contributed by atoms with E-state index in [4.69, 9.17) is 14.2 Å². The maximum Gasteiger partial charge on any atom is 0.313 e. The van der Waals surface area contributed by atoms with Gasteiger partial charge in [-0.2, -0.15) is 0 Å². The van der Waals surface area contributed by atoms with Crippen molar-refractivity contribution in [2.75, 3.05) is 20.8 Å². The van der Waals surface area contributed by atoms with Crippen molar-refractivity contribution in [2.45, 2.75) is 31.6 Å². The van der Waals surface area contributed by atoms with Gasteiger partial charge in [0.2, 0.25) is 0 Å². The molecule has 1 aromatic rings. The first-order valence-electron chi connectivity index (χ1n) is 7.02. The summed E-state index contributed by atoms with van der Waals surface area (Å²) in [5.74, 6) is -0.170. The van der Waals surface area contributed by atoms with Gasteiger partial charge >= 0.3 is 11.9 Å². The number of hydrogen-bond acceptors (Lipinski definition) is 5. The number of fused-ring (bicyclic) bond motifs is 1. The summed E-state index contributed by atoms with van der Waals surface area (Å²) in [5.41, 5.74) is 1.88. The Balaban J connectivity index is 2.29. The fourth-order valence-corrected chi connectivity index (χ4v) is 2.87. The van der Waals surface area contributed by atoms with E-state index in [1.54, 1.807) is 14.0 Å².